The first-order valence-corrected chi connectivity index (χ1v) is 10.7. The van der Waals surface area contributed by atoms with Crippen molar-refractivity contribution in [2.75, 3.05) is 28.4 Å². The van der Waals surface area contributed by atoms with E-state index in [4.69, 9.17) is 18.9 Å². The van der Waals surface area contributed by atoms with E-state index in [1.54, 1.807) is 46.7 Å². The molecule has 3 aromatic carbocycles. The standard InChI is InChI=1S/C29H28O5/c1-31-25-16-10-21(11-17-25)9-12-23-19-26(32-2)20-29(34-4)27(23)18-15-24(30)14-13-22-7-5-6-8-28(22)33-3/h5-20H,1-4H3/b12-9+,14-13+,18-15+. The lowest BCUT2D eigenvalue weighted by atomic mass is 10.0. The van der Waals surface area contributed by atoms with Crippen molar-refractivity contribution in [2.24, 2.45) is 0 Å². The van der Waals surface area contributed by atoms with Gasteiger partial charge in [0.05, 0.1) is 28.4 Å². The zero-order valence-electron chi connectivity index (χ0n) is 19.8. The Balaban J connectivity index is 1.89. The van der Waals surface area contributed by atoms with Gasteiger partial charge in [-0.3, -0.25) is 4.79 Å². The number of rotatable bonds is 10. The predicted octanol–water partition coefficient (Wildman–Crippen LogP) is 6.19. The van der Waals surface area contributed by atoms with Crippen LogP contribution >= 0.6 is 0 Å². The summed E-state index contributed by atoms with van der Waals surface area (Å²) in [5.74, 6) is 2.60. The van der Waals surface area contributed by atoms with Crippen LogP contribution in [0.15, 0.2) is 72.8 Å². The largest absolute Gasteiger partial charge is 0.497 e. The number of hydrogen-bond acceptors (Lipinski definition) is 5. The van der Waals surface area contributed by atoms with Gasteiger partial charge in [-0.15, -0.1) is 0 Å². The third kappa shape index (κ3) is 6.39. The first-order valence-electron chi connectivity index (χ1n) is 10.7. The van der Waals surface area contributed by atoms with Crippen molar-refractivity contribution in [1.82, 2.24) is 0 Å². The third-order valence-corrected chi connectivity index (χ3v) is 5.15. The quantitative estimate of drug-likeness (QED) is 0.269. The van der Waals surface area contributed by atoms with Crippen LogP contribution < -0.4 is 18.9 Å². The summed E-state index contributed by atoms with van der Waals surface area (Å²) in [6, 6.07) is 18.9. The summed E-state index contributed by atoms with van der Waals surface area (Å²) >= 11 is 0. The number of hydrogen-bond donors (Lipinski definition) is 0. The van der Waals surface area contributed by atoms with Crippen molar-refractivity contribution in [3.05, 3.63) is 95.1 Å². The van der Waals surface area contributed by atoms with E-state index in [0.717, 1.165) is 28.0 Å². The van der Waals surface area contributed by atoms with Gasteiger partial charge < -0.3 is 18.9 Å². The van der Waals surface area contributed by atoms with Crippen LogP contribution in [0.3, 0.4) is 0 Å². The van der Waals surface area contributed by atoms with Crippen molar-refractivity contribution in [2.45, 2.75) is 0 Å². The smallest absolute Gasteiger partial charge is 0.178 e. The molecule has 0 unspecified atom stereocenters. The van der Waals surface area contributed by atoms with Crippen LogP contribution in [0.1, 0.15) is 22.3 Å². The van der Waals surface area contributed by atoms with Gasteiger partial charge in [0, 0.05) is 17.2 Å². The van der Waals surface area contributed by atoms with Gasteiger partial charge in [0.1, 0.15) is 23.0 Å². The average Bonchev–Trinajstić information content (AvgIpc) is 2.89. The Morgan fingerprint density at radius 1 is 0.618 bits per heavy atom. The van der Waals surface area contributed by atoms with Gasteiger partial charge in [0.2, 0.25) is 0 Å². The molecule has 0 radical (unpaired) electrons. The van der Waals surface area contributed by atoms with Crippen molar-refractivity contribution in [3.8, 4) is 23.0 Å². The van der Waals surface area contributed by atoms with Crippen LogP contribution in [-0.4, -0.2) is 34.2 Å². The number of para-hydroxylation sites is 1. The summed E-state index contributed by atoms with van der Waals surface area (Å²) in [7, 11) is 6.43. The van der Waals surface area contributed by atoms with Crippen molar-refractivity contribution < 1.29 is 23.7 Å². The molecule has 0 bridgehead atoms. The van der Waals surface area contributed by atoms with E-state index < -0.39 is 0 Å². The van der Waals surface area contributed by atoms with Crippen LogP contribution in [0.5, 0.6) is 23.0 Å². The Kier molecular flexibility index (Phi) is 8.69. The highest BCUT2D eigenvalue weighted by Crippen LogP contribution is 2.31. The van der Waals surface area contributed by atoms with Gasteiger partial charge in [-0.05, 0) is 59.7 Å². The monoisotopic (exact) mass is 456 g/mol. The highest BCUT2D eigenvalue weighted by atomic mass is 16.5. The van der Waals surface area contributed by atoms with Crippen LogP contribution in [0.2, 0.25) is 0 Å². The molecule has 3 rings (SSSR count). The highest BCUT2D eigenvalue weighted by molar-refractivity contribution is 6.05. The number of carbonyl (C=O) groups excluding carboxylic acids is 1. The van der Waals surface area contributed by atoms with E-state index >= 15 is 0 Å². The normalized spacial score (nSPS) is 11.3. The molecule has 0 fully saturated rings. The number of allylic oxidation sites excluding steroid dienone is 2. The predicted molar refractivity (Wildman–Crippen MR) is 138 cm³/mol. The van der Waals surface area contributed by atoms with Crippen LogP contribution in [0, 0.1) is 0 Å². The van der Waals surface area contributed by atoms with Gasteiger partial charge in [-0.1, -0.05) is 42.5 Å². The maximum atomic E-state index is 12.6. The highest BCUT2D eigenvalue weighted by Gasteiger charge is 2.09. The van der Waals surface area contributed by atoms with Crippen molar-refractivity contribution in [1.29, 1.82) is 0 Å². The number of ketones is 1. The number of benzene rings is 3. The number of ether oxygens (including phenoxy) is 4. The minimum absolute atomic E-state index is 0.158. The van der Waals surface area contributed by atoms with Crippen LogP contribution in [-0.2, 0) is 4.79 Å². The molecular formula is C29H28O5. The van der Waals surface area contributed by atoms with Gasteiger partial charge in [-0.2, -0.15) is 0 Å². The Morgan fingerprint density at radius 3 is 1.97 bits per heavy atom. The molecule has 3 aromatic rings. The van der Waals surface area contributed by atoms with E-state index in [9.17, 15) is 4.79 Å². The molecule has 0 aliphatic rings. The van der Waals surface area contributed by atoms with Crippen molar-refractivity contribution >= 4 is 30.1 Å². The third-order valence-electron chi connectivity index (χ3n) is 5.15. The molecule has 0 heterocycles. The second kappa shape index (κ2) is 12.1. The molecule has 34 heavy (non-hydrogen) atoms. The molecule has 0 aromatic heterocycles. The molecule has 0 saturated heterocycles. The first-order chi connectivity index (χ1) is 16.6. The molecule has 5 nitrogen and oxygen atoms in total. The molecule has 0 aliphatic heterocycles. The fourth-order valence-electron chi connectivity index (χ4n) is 3.32. The molecule has 0 aliphatic carbocycles. The van der Waals surface area contributed by atoms with Crippen molar-refractivity contribution in [3.63, 3.8) is 0 Å². The Hall–Kier alpha value is -4.25. The Bertz CT molecular complexity index is 1200. The molecule has 174 valence electrons. The van der Waals surface area contributed by atoms with Crippen LogP contribution in [0.25, 0.3) is 24.3 Å². The molecule has 0 amide bonds. The zero-order valence-corrected chi connectivity index (χ0v) is 19.8. The minimum Gasteiger partial charge on any atom is -0.497 e. The second-order valence-corrected chi connectivity index (χ2v) is 7.25. The zero-order chi connectivity index (χ0) is 24.3. The van der Waals surface area contributed by atoms with E-state index in [1.165, 1.54) is 12.2 Å². The Labute approximate surface area is 200 Å². The minimum atomic E-state index is -0.158. The number of methoxy groups -OCH3 is 4. The van der Waals surface area contributed by atoms with Gasteiger partial charge in [0.25, 0.3) is 0 Å². The average molecular weight is 457 g/mol. The summed E-state index contributed by atoms with van der Waals surface area (Å²) in [6.45, 7) is 0. The summed E-state index contributed by atoms with van der Waals surface area (Å²) in [5.41, 5.74) is 3.46. The van der Waals surface area contributed by atoms with Gasteiger partial charge >= 0.3 is 0 Å². The Morgan fingerprint density at radius 2 is 1.29 bits per heavy atom. The van der Waals surface area contributed by atoms with E-state index in [1.807, 2.05) is 66.7 Å². The summed E-state index contributed by atoms with van der Waals surface area (Å²) < 4.78 is 21.5. The maximum absolute atomic E-state index is 12.6. The molecule has 0 saturated carbocycles. The lowest BCUT2D eigenvalue weighted by molar-refractivity contribution is -0.110. The second-order valence-electron chi connectivity index (χ2n) is 7.25. The molecule has 0 spiro atoms. The van der Waals surface area contributed by atoms with Crippen LogP contribution in [0.4, 0.5) is 0 Å². The van der Waals surface area contributed by atoms with E-state index in [2.05, 4.69) is 0 Å². The molecule has 0 atom stereocenters. The molecule has 5 heteroatoms. The summed E-state index contributed by atoms with van der Waals surface area (Å²) in [6.07, 6.45) is 10.5. The summed E-state index contributed by atoms with van der Waals surface area (Å²) in [4.78, 5) is 12.6. The van der Waals surface area contributed by atoms with Gasteiger partial charge in [0.15, 0.2) is 5.78 Å². The number of carbonyl (C=O) groups is 1. The fraction of sp³-hybridized carbons (Fsp3) is 0.138. The summed E-state index contributed by atoms with van der Waals surface area (Å²) in [5, 5.41) is 0. The van der Waals surface area contributed by atoms with Gasteiger partial charge in [-0.25, -0.2) is 0 Å². The lowest BCUT2D eigenvalue weighted by Crippen LogP contribution is -1.94. The fourth-order valence-corrected chi connectivity index (χ4v) is 3.32. The lowest BCUT2D eigenvalue weighted by Gasteiger charge is -2.11. The molecular weight excluding hydrogens is 428 g/mol. The topological polar surface area (TPSA) is 54.0 Å². The molecule has 0 N–H and O–H groups in total. The SMILES string of the molecule is COc1ccc(/C=C/c2cc(OC)cc(OC)c2/C=C/C(=O)/C=C/c2ccccc2OC)cc1. The van der Waals surface area contributed by atoms with E-state index in [0.29, 0.717) is 17.2 Å². The maximum Gasteiger partial charge on any atom is 0.178 e. The van der Waals surface area contributed by atoms with E-state index in [-0.39, 0.29) is 5.78 Å². The first kappa shape index (κ1) is 24.4.